The molecule has 130 valence electrons. The van der Waals surface area contributed by atoms with Crippen LogP contribution in [0.2, 0.25) is 0 Å². The SMILES string of the molecule is C=C(C)C(=O)OCCC(CCCCCCCCC)(OC)OC. The molecule has 0 saturated heterocycles. The van der Waals surface area contributed by atoms with E-state index in [1.807, 2.05) is 0 Å². The molecule has 0 atom stereocenters. The minimum absolute atomic E-state index is 0.282. The highest BCUT2D eigenvalue weighted by Gasteiger charge is 2.29. The van der Waals surface area contributed by atoms with E-state index < -0.39 is 5.79 Å². The van der Waals surface area contributed by atoms with Crippen molar-refractivity contribution in [3.63, 3.8) is 0 Å². The highest BCUT2D eigenvalue weighted by Crippen LogP contribution is 2.25. The molecule has 0 radical (unpaired) electrons. The lowest BCUT2D eigenvalue weighted by Gasteiger charge is -2.30. The van der Waals surface area contributed by atoms with E-state index in [4.69, 9.17) is 14.2 Å². The highest BCUT2D eigenvalue weighted by atomic mass is 16.7. The molecule has 4 nitrogen and oxygen atoms in total. The third-order valence-electron chi connectivity index (χ3n) is 3.97. The number of ether oxygens (including phenoxy) is 3. The molecule has 0 N–H and O–H groups in total. The maximum Gasteiger partial charge on any atom is 0.333 e. The average Bonchev–Trinajstić information content (AvgIpc) is 2.52. The summed E-state index contributed by atoms with van der Waals surface area (Å²) in [5, 5.41) is 0. The van der Waals surface area contributed by atoms with Gasteiger partial charge in [-0.3, -0.25) is 0 Å². The van der Waals surface area contributed by atoms with Gasteiger partial charge in [-0.1, -0.05) is 52.0 Å². The molecule has 0 bridgehead atoms. The van der Waals surface area contributed by atoms with Gasteiger partial charge < -0.3 is 14.2 Å². The zero-order valence-electron chi connectivity index (χ0n) is 14.9. The largest absolute Gasteiger partial charge is 0.462 e. The summed E-state index contributed by atoms with van der Waals surface area (Å²) in [5.41, 5.74) is 0.410. The second-order valence-electron chi connectivity index (χ2n) is 5.86. The van der Waals surface area contributed by atoms with Crippen LogP contribution in [-0.2, 0) is 19.0 Å². The number of carbonyl (C=O) groups is 1. The van der Waals surface area contributed by atoms with E-state index in [1.165, 1.54) is 38.5 Å². The smallest absolute Gasteiger partial charge is 0.333 e. The maximum atomic E-state index is 11.4. The summed E-state index contributed by atoms with van der Waals surface area (Å²) in [7, 11) is 3.29. The molecule has 4 heteroatoms. The number of hydrogen-bond donors (Lipinski definition) is 0. The van der Waals surface area contributed by atoms with Crippen molar-refractivity contribution in [3.05, 3.63) is 12.2 Å². The lowest BCUT2D eigenvalue weighted by Crippen LogP contribution is -2.35. The number of carbonyl (C=O) groups excluding carboxylic acids is 1. The van der Waals surface area contributed by atoms with Gasteiger partial charge in [-0.2, -0.15) is 0 Å². The lowest BCUT2D eigenvalue weighted by atomic mass is 10.0. The Kier molecular flexibility index (Phi) is 12.2. The Balaban J connectivity index is 4.00. The predicted octanol–water partition coefficient (Wildman–Crippen LogP) is 4.63. The van der Waals surface area contributed by atoms with Crippen molar-refractivity contribution in [1.29, 1.82) is 0 Å². The Morgan fingerprint density at radius 3 is 2.00 bits per heavy atom. The third kappa shape index (κ3) is 9.21. The maximum absolute atomic E-state index is 11.4. The van der Waals surface area contributed by atoms with Crippen LogP contribution in [0.25, 0.3) is 0 Å². The molecule has 0 amide bonds. The number of methoxy groups -OCH3 is 2. The molecule has 0 saturated carbocycles. The monoisotopic (exact) mass is 314 g/mol. The van der Waals surface area contributed by atoms with Gasteiger partial charge in [-0.15, -0.1) is 0 Å². The normalized spacial score (nSPS) is 11.5. The molecule has 0 aromatic carbocycles. The molecule has 0 heterocycles. The first kappa shape index (κ1) is 21.1. The van der Waals surface area contributed by atoms with E-state index in [1.54, 1.807) is 21.1 Å². The van der Waals surface area contributed by atoms with Crippen molar-refractivity contribution >= 4 is 5.97 Å². The van der Waals surface area contributed by atoms with Gasteiger partial charge in [0.25, 0.3) is 0 Å². The van der Waals surface area contributed by atoms with Gasteiger partial charge in [-0.25, -0.2) is 4.79 Å². The summed E-state index contributed by atoms with van der Waals surface area (Å²) in [5.74, 6) is -1.02. The second-order valence-corrected chi connectivity index (χ2v) is 5.86. The van der Waals surface area contributed by atoms with E-state index in [2.05, 4.69) is 13.5 Å². The van der Waals surface area contributed by atoms with Crippen LogP contribution < -0.4 is 0 Å². The average molecular weight is 314 g/mol. The Morgan fingerprint density at radius 2 is 1.50 bits per heavy atom. The highest BCUT2D eigenvalue weighted by molar-refractivity contribution is 5.86. The number of rotatable bonds is 14. The third-order valence-corrected chi connectivity index (χ3v) is 3.97. The Hall–Kier alpha value is -0.870. The molecule has 22 heavy (non-hydrogen) atoms. The van der Waals surface area contributed by atoms with Crippen molar-refractivity contribution in [2.45, 2.75) is 77.4 Å². The second kappa shape index (κ2) is 12.7. The predicted molar refractivity (Wildman–Crippen MR) is 89.7 cm³/mol. The van der Waals surface area contributed by atoms with Crippen LogP contribution in [0.15, 0.2) is 12.2 Å². The summed E-state index contributed by atoms with van der Waals surface area (Å²) >= 11 is 0. The minimum atomic E-state index is -0.654. The quantitative estimate of drug-likeness (QED) is 0.203. The Morgan fingerprint density at radius 1 is 0.955 bits per heavy atom. The first-order valence-corrected chi connectivity index (χ1v) is 8.44. The van der Waals surface area contributed by atoms with Gasteiger partial charge >= 0.3 is 5.97 Å². The zero-order chi connectivity index (χ0) is 16.8. The van der Waals surface area contributed by atoms with Gasteiger partial charge in [0.1, 0.15) is 0 Å². The van der Waals surface area contributed by atoms with Crippen LogP contribution >= 0.6 is 0 Å². The fraction of sp³-hybridized carbons (Fsp3) is 0.833. The van der Waals surface area contributed by atoms with Crippen molar-refractivity contribution in [3.8, 4) is 0 Å². The first-order valence-electron chi connectivity index (χ1n) is 8.44. The molecule has 0 spiro atoms. The van der Waals surface area contributed by atoms with Gasteiger partial charge in [0.15, 0.2) is 5.79 Å². The summed E-state index contributed by atoms with van der Waals surface area (Å²) < 4.78 is 16.2. The lowest BCUT2D eigenvalue weighted by molar-refractivity contribution is -0.220. The summed E-state index contributed by atoms with van der Waals surface area (Å²) in [6, 6.07) is 0. The van der Waals surface area contributed by atoms with Gasteiger partial charge in [0.2, 0.25) is 0 Å². The van der Waals surface area contributed by atoms with Crippen LogP contribution in [0.5, 0.6) is 0 Å². The van der Waals surface area contributed by atoms with Crippen molar-refractivity contribution < 1.29 is 19.0 Å². The summed E-state index contributed by atoms with van der Waals surface area (Å²) in [6.07, 6.45) is 10.1. The van der Waals surface area contributed by atoms with Crippen molar-refractivity contribution in [2.24, 2.45) is 0 Å². The molecule has 0 aromatic rings. The number of unbranched alkanes of at least 4 members (excludes halogenated alkanes) is 6. The molecular weight excluding hydrogens is 280 g/mol. The Labute approximate surface area is 136 Å². The summed E-state index contributed by atoms with van der Waals surface area (Å²) in [4.78, 5) is 11.4. The van der Waals surface area contributed by atoms with Gasteiger partial charge in [0.05, 0.1) is 6.61 Å². The number of esters is 1. The standard InChI is InChI=1S/C18H34O4/c1-6-7-8-9-10-11-12-13-18(20-4,21-5)14-15-22-17(19)16(2)3/h2,6-15H2,1,3-5H3. The van der Waals surface area contributed by atoms with E-state index in [9.17, 15) is 4.79 Å². The van der Waals surface area contributed by atoms with E-state index >= 15 is 0 Å². The van der Waals surface area contributed by atoms with Gasteiger partial charge in [-0.05, 0) is 13.3 Å². The molecule has 0 fully saturated rings. The van der Waals surface area contributed by atoms with Crippen LogP contribution in [0.4, 0.5) is 0 Å². The van der Waals surface area contributed by atoms with Crippen LogP contribution in [0.1, 0.15) is 71.6 Å². The van der Waals surface area contributed by atoms with E-state index in [-0.39, 0.29) is 12.6 Å². The molecule has 0 aromatic heterocycles. The molecule has 0 aliphatic rings. The molecule has 0 rings (SSSR count). The summed E-state index contributed by atoms with van der Waals surface area (Å²) in [6.45, 7) is 7.71. The fourth-order valence-corrected chi connectivity index (χ4v) is 2.39. The van der Waals surface area contributed by atoms with Crippen LogP contribution in [0.3, 0.4) is 0 Å². The molecule has 0 aliphatic carbocycles. The Bertz CT molecular complexity index is 308. The number of hydrogen-bond acceptors (Lipinski definition) is 4. The minimum Gasteiger partial charge on any atom is -0.462 e. The molecule has 0 aliphatic heterocycles. The molecule has 0 unspecified atom stereocenters. The van der Waals surface area contributed by atoms with Crippen molar-refractivity contribution in [2.75, 3.05) is 20.8 Å². The van der Waals surface area contributed by atoms with E-state index in [0.29, 0.717) is 12.0 Å². The van der Waals surface area contributed by atoms with Crippen molar-refractivity contribution in [1.82, 2.24) is 0 Å². The molecular formula is C18H34O4. The van der Waals surface area contributed by atoms with Gasteiger partial charge in [0, 0.05) is 32.6 Å². The van der Waals surface area contributed by atoms with Crippen LogP contribution in [0, 0.1) is 0 Å². The first-order chi connectivity index (χ1) is 10.5. The van der Waals surface area contributed by atoms with Crippen LogP contribution in [-0.4, -0.2) is 32.6 Å². The topological polar surface area (TPSA) is 44.8 Å². The fourth-order valence-electron chi connectivity index (χ4n) is 2.39. The van der Waals surface area contributed by atoms with E-state index in [0.717, 1.165) is 12.8 Å². The zero-order valence-corrected chi connectivity index (χ0v) is 14.9.